The Balaban J connectivity index is 2.67. The van der Waals surface area contributed by atoms with E-state index < -0.39 is 20.4 Å². The van der Waals surface area contributed by atoms with Crippen LogP contribution in [0, 0.1) is 11.6 Å². The van der Waals surface area contributed by atoms with Crippen LogP contribution in [-0.4, -0.2) is 15.4 Å². The van der Waals surface area contributed by atoms with Crippen molar-refractivity contribution in [2.75, 3.05) is 6.61 Å². The van der Waals surface area contributed by atoms with Gasteiger partial charge >= 0.3 is 0 Å². The first-order valence-electron chi connectivity index (χ1n) is 6.19. The second kappa shape index (κ2) is 6.95. The molecule has 1 aromatic carbocycles. The fraction of sp³-hybridized carbons (Fsp3) is 0.571. The fourth-order valence-electron chi connectivity index (χ4n) is 1.40. The SMILES string of the molecule is C[Si](C)C(C)(C)COCc1ccc(CBr)c(F)c1F. The summed E-state index contributed by atoms with van der Waals surface area (Å²) in [5, 5.41) is 0.427. The van der Waals surface area contributed by atoms with Crippen LogP contribution in [0.1, 0.15) is 25.0 Å². The van der Waals surface area contributed by atoms with Crippen molar-refractivity contribution in [3.63, 3.8) is 0 Å². The highest BCUT2D eigenvalue weighted by molar-refractivity contribution is 9.08. The average molecular weight is 350 g/mol. The van der Waals surface area contributed by atoms with Gasteiger partial charge in [-0.15, -0.1) is 0 Å². The lowest BCUT2D eigenvalue weighted by Crippen LogP contribution is -2.26. The number of halogens is 3. The molecular weight excluding hydrogens is 330 g/mol. The van der Waals surface area contributed by atoms with Gasteiger partial charge in [-0.3, -0.25) is 0 Å². The van der Waals surface area contributed by atoms with Crippen LogP contribution in [0.3, 0.4) is 0 Å². The van der Waals surface area contributed by atoms with Crippen molar-refractivity contribution in [3.8, 4) is 0 Å². The summed E-state index contributed by atoms with van der Waals surface area (Å²) in [5.41, 5.74) is 0.605. The van der Waals surface area contributed by atoms with E-state index >= 15 is 0 Å². The van der Waals surface area contributed by atoms with Gasteiger partial charge in [-0.05, 0) is 5.04 Å². The molecule has 0 aliphatic carbocycles. The maximum Gasteiger partial charge on any atom is 0.164 e. The van der Waals surface area contributed by atoms with Crippen LogP contribution in [-0.2, 0) is 16.7 Å². The predicted molar refractivity (Wildman–Crippen MR) is 80.2 cm³/mol. The Morgan fingerprint density at radius 3 is 2.21 bits per heavy atom. The highest BCUT2D eigenvalue weighted by Gasteiger charge is 2.24. The van der Waals surface area contributed by atoms with Crippen LogP contribution in [0.15, 0.2) is 12.1 Å². The van der Waals surface area contributed by atoms with Crippen molar-refractivity contribution in [3.05, 3.63) is 34.9 Å². The van der Waals surface area contributed by atoms with Gasteiger partial charge < -0.3 is 4.74 Å². The minimum absolute atomic E-state index is 0.115. The molecule has 0 atom stereocenters. The maximum absolute atomic E-state index is 13.8. The third kappa shape index (κ3) is 4.36. The number of hydrogen-bond donors (Lipinski definition) is 0. The molecule has 0 aliphatic rings. The highest BCUT2D eigenvalue weighted by atomic mass is 79.9. The summed E-state index contributed by atoms with van der Waals surface area (Å²) >= 11 is 3.13. The Morgan fingerprint density at radius 2 is 1.68 bits per heavy atom. The van der Waals surface area contributed by atoms with Crippen molar-refractivity contribution < 1.29 is 13.5 Å². The summed E-state index contributed by atoms with van der Waals surface area (Å²) in [7, 11) is -0.492. The largest absolute Gasteiger partial charge is 0.376 e. The summed E-state index contributed by atoms with van der Waals surface area (Å²) in [6.07, 6.45) is 0. The van der Waals surface area contributed by atoms with Gasteiger partial charge in [0.05, 0.1) is 15.4 Å². The molecule has 1 rings (SSSR count). The lowest BCUT2D eigenvalue weighted by atomic mass is 10.1. The Labute approximate surface area is 124 Å². The first-order valence-corrected chi connectivity index (χ1v) is 9.82. The van der Waals surface area contributed by atoms with Gasteiger partial charge in [-0.1, -0.05) is 55.0 Å². The van der Waals surface area contributed by atoms with Crippen LogP contribution < -0.4 is 0 Å². The summed E-state index contributed by atoms with van der Waals surface area (Å²) in [5.74, 6) is -1.58. The van der Waals surface area contributed by atoms with Gasteiger partial charge in [0, 0.05) is 23.1 Å². The molecule has 1 aromatic rings. The van der Waals surface area contributed by atoms with Crippen molar-refractivity contribution in [1.29, 1.82) is 0 Å². The van der Waals surface area contributed by atoms with Gasteiger partial charge in [0.1, 0.15) is 0 Å². The molecular formula is C14H20BrF2OSi. The zero-order chi connectivity index (χ0) is 14.6. The summed E-state index contributed by atoms with van der Waals surface area (Å²) in [4.78, 5) is 0. The van der Waals surface area contributed by atoms with Gasteiger partial charge in [-0.25, -0.2) is 8.78 Å². The van der Waals surface area contributed by atoms with E-state index in [0.717, 1.165) is 0 Å². The topological polar surface area (TPSA) is 9.23 Å². The number of hydrogen-bond acceptors (Lipinski definition) is 1. The molecule has 0 fully saturated rings. The van der Waals surface area contributed by atoms with Crippen LogP contribution in [0.4, 0.5) is 8.78 Å². The van der Waals surface area contributed by atoms with E-state index in [9.17, 15) is 8.78 Å². The van der Waals surface area contributed by atoms with E-state index in [1.165, 1.54) is 0 Å². The van der Waals surface area contributed by atoms with E-state index in [1.807, 2.05) is 0 Å². The first-order chi connectivity index (χ1) is 8.79. The molecule has 19 heavy (non-hydrogen) atoms. The third-order valence-corrected chi connectivity index (χ3v) is 6.92. The number of ether oxygens (including phenoxy) is 1. The van der Waals surface area contributed by atoms with Crippen LogP contribution in [0.2, 0.25) is 18.1 Å². The van der Waals surface area contributed by atoms with Crippen molar-refractivity contribution >= 4 is 24.7 Å². The van der Waals surface area contributed by atoms with Gasteiger partial charge in [0.15, 0.2) is 11.6 Å². The van der Waals surface area contributed by atoms with Crippen molar-refractivity contribution in [2.24, 2.45) is 0 Å². The number of benzene rings is 1. The molecule has 5 heteroatoms. The fourth-order valence-corrected chi connectivity index (χ4v) is 2.23. The minimum atomic E-state index is -0.798. The van der Waals surface area contributed by atoms with Crippen LogP contribution in [0.25, 0.3) is 0 Å². The average Bonchev–Trinajstić information content (AvgIpc) is 2.34. The number of alkyl halides is 1. The molecule has 0 aromatic heterocycles. The van der Waals surface area contributed by atoms with Crippen LogP contribution in [0.5, 0.6) is 0 Å². The Bertz CT molecular complexity index is 436. The summed E-state index contributed by atoms with van der Waals surface area (Å²) < 4.78 is 32.9. The molecule has 0 spiro atoms. The first kappa shape index (κ1) is 16.8. The summed E-state index contributed by atoms with van der Waals surface area (Å²) in [6, 6.07) is 3.18. The molecule has 1 radical (unpaired) electrons. The Kier molecular flexibility index (Phi) is 6.14. The van der Waals surface area contributed by atoms with Gasteiger partial charge in [-0.2, -0.15) is 0 Å². The van der Waals surface area contributed by atoms with Gasteiger partial charge in [0.25, 0.3) is 0 Å². The molecule has 1 nitrogen and oxygen atoms in total. The molecule has 0 bridgehead atoms. The smallest absolute Gasteiger partial charge is 0.164 e. The second-order valence-corrected chi connectivity index (χ2v) is 9.44. The molecule has 0 N–H and O–H groups in total. The molecule has 0 amide bonds. The molecule has 0 heterocycles. The monoisotopic (exact) mass is 349 g/mol. The summed E-state index contributed by atoms with van der Waals surface area (Å²) in [6.45, 7) is 9.41. The molecule has 0 saturated heterocycles. The second-order valence-electron chi connectivity index (χ2n) is 5.52. The van der Waals surface area contributed by atoms with E-state index in [0.29, 0.717) is 17.5 Å². The Hall–Kier alpha value is -0.263. The van der Waals surface area contributed by atoms with E-state index in [-0.39, 0.29) is 17.2 Å². The molecule has 0 aliphatic heterocycles. The quantitative estimate of drug-likeness (QED) is 0.523. The van der Waals surface area contributed by atoms with Crippen molar-refractivity contribution in [1.82, 2.24) is 0 Å². The standard InChI is InChI=1S/C14H20BrF2OSi/c1-14(2,19(3)4)9-18-8-11-6-5-10(7-15)12(16)13(11)17/h5-6H,7-9H2,1-4H3. The molecule has 107 valence electrons. The highest BCUT2D eigenvalue weighted by Crippen LogP contribution is 2.29. The van der Waals surface area contributed by atoms with E-state index in [2.05, 4.69) is 42.9 Å². The number of rotatable bonds is 6. The zero-order valence-corrected chi connectivity index (χ0v) is 14.4. The van der Waals surface area contributed by atoms with Crippen molar-refractivity contribution in [2.45, 2.75) is 43.9 Å². The lowest BCUT2D eigenvalue weighted by Gasteiger charge is -2.27. The minimum Gasteiger partial charge on any atom is -0.376 e. The maximum atomic E-state index is 13.8. The van der Waals surface area contributed by atoms with Crippen LogP contribution >= 0.6 is 15.9 Å². The van der Waals surface area contributed by atoms with E-state index in [4.69, 9.17) is 4.74 Å². The zero-order valence-electron chi connectivity index (χ0n) is 11.8. The van der Waals surface area contributed by atoms with E-state index in [1.54, 1.807) is 12.1 Å². The predicted octanol–water partition coefficient (Wildman–Crippen LogP) is 4.91. The Morgan fingerprint density at radius 1 is 1.16 bits per heavy atom. The third-order valence-electron chi connectivity index (χ3n) is 3.46. The molecule has 0 unspecified atom stereocenters. The lowest BCUT2D eigenvalue weighted by molar-refractivity contribution is 0.0981. The van der Waals surface area contributed by atoms with Gasteiger partial charge in [0.2, 0.25) is 0 Å². The normalized spacial score (nSPS) is 12.2. The molecule has 0 saturated carbocycles.